The maximum atomic E-state index is 5.38. The number of nitrogens with zero attached hydrogens (tertiary/aromatic N) is 2. The Morgan fingerprint density at radius 2 is 2.04 bits per heavy atom. The van der Waals surface area contributed by atoms with Crippen molar-refractivity contribution in [1.29, 1.82) is 0 Å². The van der Waals surface area contributed by atoms with Crippen LogP contribution in [0.25, 0.3) is 0 Å². The molecule has 1 aromatic carbocycles. The lowest BCUT2D eigenvalue weighted by atomic mass is 10.2. The maximum Gasteiger partial charge on any atom is 0.191 e. The molecule has 0 radical (unpaired) electrons. The highest BCUT2D eigenvalue weighted by atomic mass is 32.1. The van der Waals surface area contributed by atoms with Gasteiger partial charge in [-0.3, -0.25) is 0 Å². The van der Waals surface area contributed by atoms with Crippen molar-refractivity contribution in [3.63, 3.8) is 0 Å². The van der Waals surface area contributed by atoms with E-state index in [1.807, 2.05) is 24.3 Å². The highest BCUT2D eigenvalue weighted by Crippen LogP contribution is 2.19. The highest BCUT2D eigenvalue weighted by Gasteiger charge is 2.06. The van der Waals surface area contributed by atoms with Gasteiger partial charge in [-0.2, -0.15) is 0 Å². The van der Waals surface area contributed by atoms with Crippen molar-refractivity contribution < 1.29 is 4.74 Å². The fourth-order valence-corrected chi connectivity index (χ4v) is 3.57. The number of methoxy groups -OCH3 is 1. The largest absolute Gasteiger partial charge is 0.496 e. The first kappa shape index (κ1) is 19.2. The van der Waals surface area contributed by atoms with Gasteiger partial charge in [-0.15, -0.1) is 11.3 Å². The van der Waals surface area contributed by atoms with Gasteiger partial charge in [-0.25, -0.2) is 9.98 Å². The molecule has 0 saturated carbocycles. The predicted molar refractivity (Wildman–Crippen MR) is 106 cm³/mol. The van der Waals surface area contributed by atoms with E-state index in [0.29, 0.717) is 6.54 Å². The van der Waals surface area contributed by atoms with Gasteiger partial charge in [0.1, 0.15) is 5.75 Å². The number of para-hydroxylation sites is 1. The molecule has 25 heavy (non-hydrogen) atoms. The van der Waals surface area contributed by atoms with Gasteiger partial charge in [0.05, 0.1) is 24.4 Å². The van der Waals surface area contributed by atoms with Gasteiger partial charge >= 0.3 is 0 Å². The van der Waals surface area contributed by atoms with E-state index >= 15 is 0 Å². The SMILES string of the molecule is CCNC(=NCc1ccccc1OC)NCCc1nc(CC)c(C)s1. The smallest absolute Gasteiger partial charge is 0.191 e. The van der Waals surface area contributed by atoms with Gasteiger partial charge in [0.2, 0.25) is 0 Å². The third-order valence-corrected chi connectivity index (χ3v) is 4.92. The van der Waals surface area contributed by atoms with E-state index in [4.69, 9.17) is 4.74 Å². The van der Waals surface area contributed by atoms with E-state index in [-0.39, 0.29) is 0 Å². The quantitative estimate of drug-likeness (QED) is 0.560. The summed E-state index contributed by atoms with van der Waals surface area (Å²) < 4.78 is 5.38. The molecule has 0 atom stereocenters. The lowest BCUT2D eigenvalue weighted by molar-refractivity contribution is 0.410. The van der Waals surface area contributed by atoms with Crippen LogP contribution in [0.4, 0.5) is 0 Å². The molecule has 2 N–H and O–H groups in total. The van der Waals surface area contributed by atoms with E-state index in [2.05, 4.69) is 41.4 Å². The second-order valence-corrected chi connectivity index (χ2v) is 6.94. The number of hydrogen-bond donors (Lipinski definition) is 2. The molecule has 6 heteroatoms. The Bertz CT molecular complexity index is 696. The summed E-state index contributed by atoms with van der Waals surface area (Å²) in [6.45, 7) is 8.58. The molecule has 1 heterocycles. The molecular formula is C19H28N4OS. The summed E-state index contributed by atoms with van der Waals surface area (Å²) in [5.74, 6) is 1.69. The van der Waals surface area contributed by atoms with Crippen molar-refractivity contribution in [3.05, 3.63) is 45.4 Å². The number of rotatable bonds is 8. The van der Waals surface area contributed by atoms with E-state index < -0.39 is 0 Å². The van der Waals surface area contributed by atoms with Crippen LogP contribution in [0.15, 0.2) is 29.3 Å². The lowest BCUT2D eigenvalue weighted by Crippen LogP contribution is -2.38. The average molecular weight is 361 g/mol. The molecule has 0 unspecified atom stereocenters. The number of aromatic nitrogens is 1. The summed E-state index contributed by atoms with van der Waals surface area (Å²) in [5.41, 5.74) is 2.29. The molecule has 0 spiro atoms. The zero-order valence-corrected chi connectivity index (χ0v) is 16.4. The number of guanidine groups is 1. The number of benzene rings is 1. The van der Waals surface area contributed by atoms with Crippen molar-refractivity contribution in [2.45, 2.75) is 40.2 Å². The summed E-state index contributed by atoms with van der Waals surface area (Å²) in [6.07, 6.45) is 1.91. The molecule has 5 nitrogen and oxygen atoms in total. The fraction of sp³-hybridized carbons (Fsp3) is 0.474. The molecule has 0 amide bonds. The fourth-order valence-electron chi connectivity index (χ4n) is 2.55. The van der Waals surface area contributed by atoms with Crippen LogP contribution in [0.1, 0.15) is 35.0 Å². The van der Waals surface area contributed by atoms with Crippen LogP contribution >= 0.6 is 11.3 Å². The van der Waals surface area contributed by atoms with Crippen molar-refractivity contribution in [3.8, 4) is 5.75 Å². The zero-order valence-electron chi connectivity index (χ0n) is 15.6. The number of hydrogen-bond acceptors (Lipinski definition) is 4. The van der Waals surface area contributed by atoms with Gasteiger partial charge in [-0.05, 0) is 26.3 Å². The molecule has 0 bridgehead atoms. The molecule has 1 aromatic heterocycles. The van der Waals surface area contributed by atoms with Crippen LogP contribution < -0.4 is 15.4 Å². The van der Waals surface area contributed by atoms with Crippen LogP contribution in [0, 0.1) is 6.92 Å². The maximum absolute atomic E-state index is 5.38. The molecule has 2 aromatic rings. The number of nitrogens with one attached hydrogen (secondary N) is 2. The topological polar surface area (TPSA) is 58.5 Å². The Labute approximate surface area is 154 Å². The predicted octanol–water partition coefficient (Wildman–Crippen LogP) is 3.32. The molecule has 136 valence electrons. The highest BCUT2D eigenvalue weighted by molar-refractivity contribution is 7.11. The number of aliphatic imine (C=N–C) groups is 1. The normalized spacial score (nSPS) is 11.4. The minimum atomic E-state index is 0.579. The van der Waals surface area contributed by atoms with E-state index in [0.717, 1.165) is 43.2 Å². The van der Waals surface area contributed by atoms with E-state index in [9.17, 15) is 0 Å². The molecule has 0 aliphatic carbocycles. The number of thiazole rings is 1. The van der Waals surface area contributed by atoms with Gasteiger partial charge in [0.15, 0.2) is 5.96 Å². The zero-order chi connectivity index (χ0) is 18.1. The van der Waals surface area contributed by atoms with Crippen LogP contribution in [0.3, 0.4) is 0 Å². The van der Waals surface area contributed by atoms with E-state index in [1.165, 1.54) is 15.6 Å². The molecule has 0 aliphatic heterocycles. The van der Waals surface area contributed by atoms with Crippen LogP contribution in [0.2, 0.25) is 0 Å². The molecule has 2 rings (SSSR count). The van der Waals surface area contributed by atoms with Gasteiger partial charge < -0.3 is 15.4 Å². The molecule has 0 saturated heterocycles. The minimum Gasteiger partial charge on any atom is -0.496 e. The van der Waals surface area contributed by atoms with Crippen molar-refractivity contribution in [2.75, 3.05) is 20.2 Å². The first-order valence-electron chi connectivity index (χ1n) is 8.77. The number of ether oxygens (including phenoxy) is 1. The Kier molecular flexibility index (Phi) is 7.73. The van der Waals surface area contributed by atoms with Crippen molar-refractivity contribution in [1.82, 2.24) is 15.6 Å². The van der Waals surface area contributed by atoms with Crippen molar-refractivity contribution >= 4 is 17.3 Å². The first-order valence-corrected chi connectivity index (χ1v) is 9.58. The molecule has 0 fully saturated rings. The Morgan fingerprint density at radius 1 is 1.24 bits per heavy atom. The van der Waals surface area contributed by atoms with Crippen LogP contribution in [-0.4, -0.2) is 31.1 Å². The van der Waals surface area contributed by atoms with Gasteiger partial charge in [0, 0.05) is 30.0 Å². The Hall–Kier alpha value is -2.08. The van der Waals surface area contributed by atoms with E-state index in [1.54, 1.807) is 18.4 Å². The summed E-state index contributed by atoms with van der Waals surface area (Å²) >= 11 is 1.79. The van der Waals surface area contributed by atoms with Crippen LogP contribution in [-0.2, 0) is 19.4 Å². The monoisotopic (exact) mass is 360 g/mol. The summed E-state index contributed by atoms with van der Waals surface area (Å²) in [7, 11) is 1.69. The second-order valence-electron chi connectivity index (χ2n) is 5.65. The van der Waals surface area contributed by atoms with Crippen LogP contribution in [0.5, 0.6) is 5.75 Å². The summed E-state index contributed by atoms with van der Waals surface area (Å²) in [6, 6.07) is 7.97. The van der Waals surface area contributed by atoms with Gasteiger partial charge in [0.25, 0.3) is 0 Å². The molecular weight excluding hydrogens is 332 g/mol. The molecule has 0 aliphatic rings. The van der Waals surface area contributed by atoms with Crippen molar-refractivity contribution in [2.24, 2.45) is 4.99 Å². The third kappa shape index (κ3) is 5.74. The summed E-state index contributed by atoms with van der Waals surface area (Å²) in [4.78, 5) is 10.7. The standard InChI is InChI=1S/C19H28N4OS/c1-5-16-14(3)25-18(23-16)11-12-21-19(20-6-2)22-13-15-9-7-8-10-17(15)24-4/h7-10H,5-6,11-13H2,1-4H3,(H2,20,21,22). The number of aryl methyl sites for hydroxylation is 2. The lowest BCUT2D eigenvalue weighted by Gasteiger charge is -2.11. The Morgan fingerprint density at radius 3 is 2.72 bits per heavy atom. The third-order valence-electron chi connectivity index (χ3n) is 3.85. The Balaban J connectivity index is 1.93. The minimum absolute atomic E-state index is 0.579. The van der Waals surface area contributed by atoms with Gasteiger partial charge in [-0.1, -0.05) is 25.1 Å². The second kappa shape index (κ2) is 10.0. The first-order chi connectivity index (χ1) is 12.2. The summed E-state index contributed by atoms with van der Waals surface area (Å²) in [5, 5.41) is 7.86. The average Bonchev–Trinajstić information content (AvgIpc) is 2.99.